The molecule has 0 saturated carbocycles. The van der Waals surface area contributed by atoms with Crippen molar-refractivity contribution in [3.05, 3.63) is 45.9 Å². The van der Waals surface area contributed by atoms with Gasteiger partial charge in [-0.3, -0.25) is 9.59 Å². The monoisotopic (exact) mass is 403 g/mol. The van der Waals surface area contributed by atoms with Gasteiger partial charge in [-0.15, -0.1) is 23.1 Å². The number of aromatic nitrogens is 1. The molecular formula is C20H25N3O2S2. The summed E-state index contributed by atoms with van der Waals surface area (Å²) < 4.78 is 0. The normalized spacial score (nSPS) is 15.0. The number of benzene rings is 1. The Bertz CT molecular complexity index is 794. The highest BCUT2D eigenvalue weighted by Gasteiger charge is 2.28. The number of carbonyl (C=O) groups excluding carboxylic acids is 2. The number of hydrogen-bond acceptors (Lipinski definition) is 5. The van der Waals surface area contributed by atoms with Crippen LogP contribution in [0.15, 0.2) is 34.5 Å². The van der Waals surface area contributed by atoms with Gasteiger partial charge in [-0.1, -0.05) is 0 Å². The molecule has 5 nitrogen and oxygen atoms in total. The third-order valence-corrected chi connectivity index (χ3v) is 6.59. The lowest BCUT2D eigenvalue weighted by Crippen LogP contribution is -2.42. The summed E-state index contributed by atoms with van der Waals surface area (Å²) in [6, 6.07) is 7.79. The molecule has 1 fully saturated rings. The second-order valence-electron chi connectivity index (χ2n) is 6.97. The van der Waals surface area contributed by atoms with Crippen molar-refractivity contribution in [3.8, 4) is 0 Å². The first-order valence-electron chi connectivity index (χ1n) is 9.08. The summed E-state index contributed by atoms with van der Waals surface area (Å²) in [5.41, 5.74) is 1.80. The van der Waals surface area contributed by atoms with Gasteiger partial charge in [0.25, 0.3) is 5.91 Å². The molecular weight excluding hydrogens is 378 g/mol. The van der Waals surface area contributed by atoms with E-state index in [4.69, 9.17) is 0 Å². The Hall–Kier alpha value is -1.86. The van der Waals surface area contributed by atoms with Gasteiger partial charge in [0.15, 0.2) is 0 Å². The van der Waals surface area contributed by atoms with Gasteiger partial charge in [-0.05, 0) is 44.0 Å². The number of thioether (sulfide) groups is 1. The fraction of sp³-hybridized carbons (Fsp3) is 0.450. The molecule has 0 aliphatic carbocycles. The van der Waals surface area contributed by atoms with E-state index in [1.807, 2.05) is 36.1 Å². The summed E-state index contributed by atoms with van der Waals surface area (Å²) in [5, 5.41) is 3.17. The highest BCUT2D eigenvalue weighted by Crippen LogP contribution is 2.25. The molecule has 1 aliphatic heterocycles. The van der Waals surface area contributed by atoms with Crippen LogP contribution in [0, 0.1) is 12.8 Å². The number of aryl methyl sites for hydroxylation is 1. The molecule has 0 unspecified atom stereocenters. The maximum atomic E-state index is 12.7. The molecule has 0 radical (unpaired) electrons. The van der Waals surface area contributed by atoms with Gasteiger partial charge < -0.3 is 9.80 Å². The van der Waals surface area contributed by atoms with E-state index in [2.05, 4.69) is 10.4 Å². The van der Waals surface area contributed by atoms with E-state index in [0.717, 1.165) is 34.2 Å². The van der Waals surface area contributed by atoms with E-state index >= 15 is 0 Å². The summed E-state index contributed by atoms with van der Waals surface area (Å²) in [5.74, 6) is 1.10. The minimum Gasteiger partial charge on any atom is -0.349 e. The first kappa shape index (κ1) is 19.9. The predicted molar refractivity (Wildman–Crippen MR) is 110 cm³/mol. The van der Waals surface area contributed by atoms with Crippen LogP contribution in [0.3, 0.4) is 0 Å². The highest BCUT2D eigenvalue weighted by atomic mass is 32.2. The molecule has 27 heavy (non-hydrogen) atoms. The topological polar surface area (TPSA) is 53.5 Å². The molecule has 144 valence electrons. The zero-order chi connectivity index (χ0) is 19.4. The Morgan fingerprint density at radius 2 is 1.89 bits per heavy atom. The predicted octanol–water partition coefficient (Wildman–Crippen LogP) is 3.68. The van der Waals surface area contributed by atoms with Crippen LogP contribution in [0.1, 0.15) is 33.9 Å². The Morgan fingerprint density at radius 3 is 2.44 bits per heavy atom. The quantitative estimate of drug-likeness (QED) is 0.715. The second-order valence-corrected chi connectivity index (χ2v) is 9.08. The summed E-state index contributed by atoms with van der Waals surface area (Å²) >= 11 is 3.39. The molecule has 0 N–H and O–H groups in total. The minimum atomic E-state index is 0.0391. The Labute approximate surface area is 168 Å². The number of amides is 2. The molecule has 0 bridgehead atoms. The minimum absolute atomic E-state index is 0.0391. The molecule has 2 heterocycles. The van der Waals surface area contributed by atoms with Crippen molar-refractivity contribution in [2.75, 3.05) is 27.2 Å². The van der Waals surface area contributed by atoms with Crippen LogP contribution < -0.4 is 0 Å². The molecule has 1 aromatic carbocycles. The molecule has 0 spiro atoms. The average Bonchev–Trinajstić information content (AvgIpc) is 3.11. The maximum absolute atomic E-state index is 12.7. The average molecular weight is 404 g/mol. The van der Waals surface area contributed by atoms with Crippen molar-refractivity contribution in [3.63, 3.8) is 0 Å². The zero-order valence-corrected chi connectivity index (χ0v) is 17.6. The standard InChI is InChI=1S/C20H25N3O2S2/c1-14-21-17(12-26-14)13-27-18-6-4-15(5-7-18)20(25)23-10-8-16(9-11-23)19(24)22(2)3/h4-7,12,16H,8-11,13H2,1-3H3. The van der Waals surface area contributed by atoms with Gasteiger partial charge in [-0.2, -0.15) is 0 Å². The first-order valence-corrected chi connectivity index (χ1v) is 10.9. The van der Waals surface area contributed by atoms with Gasteiger partial charge in [0.2, 0.25) is 5.91 Å². The molecule has 2 aromatic rings. The van der Waals surface area contributed by atoms with E-state index in [9.17, 15) is 9.59 Å². The van der Waals surface area contributed by atoms with Crippen molar-refractivity contribution in [1.29, 1.82) is 0 Å². The van der Waals surface area contributed by atoms with Gasteiger partial charge in [0.05, 0.1) is 10.7 Å². The Kier molecular flexibility index (Phi) is 6.55. The van der Waals surface area contributed by atoms with Crippen LogP contribution >= 0.6 is 23.1 Å². The van der Waals surface area contributed by atoms with Crippen LogP contribution in [0.4, 0.5) is 0 Å². The maximum Gasteiger partial charge on any atom is 0.253 e. The van der Waals surface area contributed by atoms with Gasteiger partial charge in [0.1, 0.15) is 0 Å². The number of carbonyl (C=O) groups is 2. The lowest BCUT2D eigenvalue weighted by atomic mass is 9.95. The van der Waals surface area contributed by atoms with E-state index < -0.39 is 0 Å². The van der Waals surface area contributed by atoms with Gasteiger partial charge in [-0.25, -0.2) is 4.98 Å². The molecule has 7 heteroatoms. The SMILES string of the molecule is Cc1nc(CSc2ccc(C(=O)N3CCC(C(=O)N(C)C)CC3)cc2)cs1. The number of hydrogen-bond donors (Lipinski definition) is 0. The summed E-state index contributed by atoms with van der Waals surface area (Å²) in [6.07, 6.45) is 1.48. The molecule has 1 saturated heterocycles. The van der Waals surface area contributed by atoms with Crippen LogP contribution in [-0.2, 0) is 10.5 Å². The van der Waals surface area contributed by atoms with E-state index in [1.54, 1.807) is 42.1 Å². The lowest BCUT2D eigenvalue weighted by molar-refractivity contribution is -0.134. The van der Waals surface area contributed by atoms with Gasteiger partial charge in [0, 0.05) is 54.7 Å². The fourth-order valence-corrected chi connectivity index (χ4v) is 4.71. The van der Waals surface area contributed by atoms with E-state index in [1.165, 1.54) is 0 Å². The van der Waals surface area contributed by atoms with E-state index in [0.29, 0.717) is 18.7 Å². The summed E-state index contributed by atoms with van der Waals surface area (Å²) in [6.45, 7) is 3.30. The number of thiazole rings is 1. The summed E-state index contributed by atoms with van der Waals surface area (Å²) in [7, 11) is 3.57. The van der Waals surface area contributed by atoms with Crippen LogP contribution in [0.2, 0.25) is 0 Å². The van der Waals surface area contributed by atoms with Gasteiger partial charge >= 0.3 is 0 Å². The lowest BCUT2D eigenvalue weighted by Gasteiger charge is -2.32. The number of rotatable bonds is 5. The van der Waals surface area contributed by atoms with Crippen molar-refractivity contribution in [2.24, 2.45) is 5.92 Å². The van der Waals surface area contributed by atoms with Crippen molar-refractivity contribution in [2.45, 2.75) is 30.4 Å². The largest absolute Gasteiger partial charge is 0.349 e. The molecule has 2 amide bonds. The van der Waals surface area contributed by atoms with Crippen LogP contribution in [0.25, 0.3) is 0 Å². The van der Waals surface area contributed by atoms with Crippen molar-refractivity contribution >= 4 is 34.9 Å². The third kappa shape index (κ3) is 5.11. The number of likely N-dealkylation sites (tertiary alicyclic amines) is 1. The molecule has 0 atom stereocenters. The highest BCUT2D eigenvalue weighted by molar-refractivity contribution is 7.98. The molecule has 1 aliphatic rings. The second kappa shape index (κ2) is 8.89. The first-order chi connectivity index (χ1) is 12.9. The zero-order valence-electron chi connectivity index (χ0n) is 16.0. The number of nitrogens with zero attached hydrogens (tertiary/aromatic N) is 3. The fourth-order valence-electron chi connectivity index (χ4n) is 3.20. The Balaban J connectivity index is 1.52. The third-order valence-electron chi connectivity index (χ3n) is 4.73. The van der Waals surface area contributed by atoms with E-state index in [-0.39, 0.29) is 17.7 Å². The van der Waals surface area contributed by atoms with Crippen molar-refractivity contribution in [1.82, 2.24) is 14.8 Å². The van der Waals surface area contributed by atoms with Crippen LogP contribution in [0.5, 0.6) is 0 Å². The molecule has 3 rings (SSSR count). The molecule has 1 aromatic heterocycles. The Morgan fingerprint density at radius 1 is 1.22 bits per heavy atom. The van der Waals surface area contributed by atoms with Crippen LogP contribution in [-0.4, -0.2) is 53.8 Å². The van der Waals surface area contributed by atoms with Crippen molar-refractivity contribution < 1.29 is 9.59 Å². The number of piperidine rings is 1. The smallest absolute Gasteiger partial charge is 0.253 e. The summed E-state index contributed by atoms with van der Waals surface area (Å²) in [4.78, 5) is 33.9.